The molecule has 32 heavy (non-hydrogen) atoms. The molecule has 1 aromatic heterocycles. The average Bonchev–Trinajstić information content (AvgIpc) is 2.70. The number of esters is 4. The van der Waals surface area contributed by atoms with E-state index in [1.807, 2.05) is 0 Å². The topological polar surface area (TPSA) is 146 Å². The molecule has 0 saturated carbocycles. The first-order valence-corrected chi connectivity index (χ1v) is 9.58. The monoisotopic (exact) mass is 455 g/mol. The standard InChI is InChI=1S/C20H25NO11/c1-10(22)27-9-15-16(28-11(2)23)17(29-12(3)24)18(30-13(4)25)20(31-15)32-19-14(26-5)7-6-8-21-19/h6-8,15-18,20H,9H2,1-5H3/t15-,16+,17+,18-,20+/m1/s1. The predicted molar refractivity (Wildman–Crippen MR) is 103 cm³/mol. The summed E-state index contributed by atoms with van der Waals surface area (Å²) in [6.45, 7) is 4.22. The van der Waals surface area contributed by atoms with Crippen molar-refractivity contribution in [1.82, 2.24) is 4.98 Å². The number of aromatic nitrogens is 1. The Morgan fingerprint density at radius 1 is 0.906 bits per heavy atom. The van der Waals surface area contributed by atoms with Crippen LogP contribution < -0.4 is 9.47 Å². The van der Waals surface area contributed by atoms with E-state index in [2.05, 4.69) is 4.98 Å². The van der Waals surface area contributed by atoms with E-state index in [-0.39, 0.29) is 18.2 Å². The molecule has 1 aliphatic heterocycles. The molecule has 2 rings (SSSR count). The Morgan fingerprint density at radius 3 is 2.06 bits per heavy atom. The largest absolute Gasteiger partial charge is 0.491 e. The van der Waals surface area contributed by atoms with E-state index in [1.165, 1.54) is 20.2 Å². The summed E-state index contributed by atoms with van der Waals surface area (Å²) in [5, 5.41) is 0. The van der Waals surface area contributed by atoms with Gasteiger partial charge in [0.05, 0.1) is 7.11 Å². The second kappa shape index (κ2) is 11.3. The van der Waals surface area contributed by atoms with Crippen LogP contribution in [0.25, 0.3) is 0 Å². The van der Waals surface area contributed by atoms with Gasteiger partial charge in [0.1, 0.15) is 12.7 Å². The van der Waals surface area contributed by atoms with Gasteiger partial charge in [-0.3, -0.25) is 19.2 Å². The fourth-order valence-electron chi connectivity index (χ4n) is 3.01. The molecule has 0 spiro atoms. The van der Waals surface area contributed by atoms with Gasteiger partial charge in [-0.1, -0.05) is 0 Å². The maximum atomic E-state index is 11.8. The third-order valence-corrected chi connectivity index (χ3v) is 4.13. The summed E-state index contributed by atoms with van der Waals surface area (Å²) >= 11 is 0. The molecule has 12 nitrogen and oxygen atoms in total. The molecule has 0 unspecified atom stereocenters. The molecule has 1 aromatic rings. The lowest BCUT2D eigenvalue weighted by Gasteiger charge is -2.43. The molecule has 1 aliphatic rings. The fraction of sp³-hybridized carbons (Fsp3) is 0.550. The van der Waals surface area contributed by atoms with Crippen molar-refractivity contribution in [3.63, 3.8) is 0 Å². The normalized spacial score (nSPS) is 24.6. The molecule has 1 saturated heterocycles. The quantitative estimate of drug-likeness (QED) is 0.398. The van der Waals surface area contributed by atoms with Crippen molar-refractivity contribution >= 4 is 23.9 Å². The van der Waals surface area contributed by atoms with E-state index < -0.39 is 54.6 Å². The van der Waals surface area contributed by atoms with Gasteiger partial charge in [0, 0.05) is 33.9 Å². The molecule has 176 valence electrons. The van der Waals surface area contributed by atoms with Crippen LogP contribution >= 0.6 is 0 Å². The first-order chi connectivity index (χ1) is 15.1. The molecule has 0 amide bonds. The Balaban J connectivity index is 2.48. The minimum absolute atomic E-state index is 0.00380. The molecule has 0 aliphatic carbocycles. The third kappa shape index (κ3) is 6.80. The molecule has 0 bridgehead atoms. The molecule has 2 heterocycles. The number of carbonyl (C=O) groups is 4. The second-order valence-electron chi connectivity index (χ2n) is 6.70. The van der Waals surface area contributed by atoms with Crippen LogP contribution in [-0.2, 0) is 42.9 Å². The van der Waals surface area contributed by atoms with E-state index in [1.54, 1.807) is 12.1 Å². The zero-order valence-corrected chi connectivity index (χ0v) is 18.3. The predicted octanol–water partition coefficient (Wildman–Crippen LogP) is 0.552. The third-order valence-electron chi connectivity index (χ3n) is 4.13. The van der Waals surface area contributed by atoms with Crippen molar-refractivity contribution in [2.75, 3.05) is 13.7 Å². The van der Waals surface area contributed by atoms with Crippen LogP contribution in [0.15, 0.2) is 18.3 Å². The molecule has 5 atom stereocenters. The summed E-state index contributed by atoms with van der Waals surface area (Å²) in [5.74, 6) is -2.58. The summed E-state index contributed by atoms with van der Waals surface area (Å²) in [5.41, 5.74) is 0. The summed E-state index contributed by atoms with van der Waals surface area (Å²) in [7, 11) is 1.40. The van der Waals surface area contributed by atoms with E-state index >= 15 is 0 Å². The highest BCUT2D eigenvalue weighted by Gasteiger charge is 2.53. The number of rotatable bonds is 8. The Hall–Kier alpha value is -3.41. The van der Waals surface area contributed by atoms with Crippen LogP contribution in [0, 0.1) is 0 Å². The van der Waals surface area contributed by atoms with Crippen LogP contribution in [0.1, 0.15) is 27.7 Å². The lowest BCUT2D eigenvalue weighted by molar-refractivity contribution is -0.289. The second-order valence-corrected chi connectivity index (χ2v) is 6.70. The Labute approximate surface area is 184 Å². The molecular formula is C20H25NO11. The number of methoxy groups -OCH3 is 1. The lowest BCUT2D eigenvalue weighted by atomic mass is 9.98. The lowest BCUT2D eigenvalue weighted by Crippen LogP contribution is -2.63. The molecule has 0 aromatic carbocycles. The van der Waals surface area contributed by atoms with Crippen LogP contribution in [0.5, 0.6) is 11.6 Å². The maximum Gasteiger partial charge on any atom is 0.303 e. The Kier molecular flexibility index (Phi) is 8.76. The summed E-state index contributed by atoms with van der Waals surface area (Å²) in [6, 6.07) is 3.19. The van der Waals surface area contributed by atoms with Crippen molar-refractivity contribution in [3.8, 4) is 11.6 Å². The Morgan fingerprint density at radius 2 is 1.50 bits per heavy atom. The van der Waals surface area contributed by atoms with Crippen molar-refractivity contribution in [2.24, 2.45) is 0 Å². The zero-order valence-electron chi connectivity index (χ0n) is 18.3. The van der Waals surface area contributed by atoms with E-state index in [4.69, 9.17) is 33.2 Å². The van der Waals surface area contributed by atoms with Crippen molar-refractivity contribution in [3.05, 3.63) is 18.3 Å². The summed E-state index contributed by atoms with van der Waals surface area (Å²) in [4.78, 5) is 50.7. The first-order valence-electron chi connectivity index (χ1n) is 9.58. The highest BCUT2D eigenvalue weighted by atomic mass is 16.7. The maximum absolute atomic E-state index is 11.8. The van der Waals surface area contributed by atoms with Gasteiger partial charge in [-0.15, -0.1) is 0 Å². The SMILES string of the molecule is COc1cccnc1O[C@@H]1O[C@H](COC(C)=O)[C@H](OC(C)=O)[C@H](OC(C)=O)[C@H]1OC(C)=O. The fourth-order valence-corrected chi connectivity index (χ4v) is 3.01. The molecular weight excluding hydrogens is 430 g/mol. The number of hydrogen-bond acceptors (Lipinski definition) is 12. The van der Waals surface area contributed by atoms with Gasteiger partial charge in [-0.25, -0.2) is 4.98 Å². The first kappa shape index (κ1) is 24.9. The summed E-state index contributed by atoms with van der Waals surface area (Å²) < 4.78 is 37.8. The molecule has 0 N–H and O–H groups in total. The molecule has 1 fully saturated rings. The van der Waals surface area contributed by atoms with E-state index in [9.17, 15) is 19.2 Å². The number of pyridine rings is 1. The van der Waals surface area contributed by atoms with Crippen molar-refractivity contribution in [2.45, 2.75) is 58.4 Å². The van der Waals surface area contributed by atoms with Gasteiger partial charge in [-0.05, 0) is 12.1 Å². The van der Waals surface area contributed by atoms with Gasteiger partial charge in [0.15, 0.2) is 18.0 Å². The van der Waals surface area contributed by atoms with Crippen molar-refractivity contribution < 1.29 is 52.3 Å². The molecule has 0 radical (unpaired) electrons. The number of nitrogens with zero attached hydrogens (tertiary/aromatic N) is 1. The van der Waals surface area contributed by atoms with Gasteiger partial charge >= 0.3 is 23.9 Å². The minimum Gasteiger partial charge on any atom is -0.491 e. The number of ether oxygens (including phenoxy) is 7. The van der Waals surface area contributed by atoms with Gasteiger partial charge in [0.25, 0.3) is 5.88 Å². The van der Waals surface area contributed by atoms with Gasteiger partial charge in [0.2, 0.25) is 12.4 Å². The van der Waals surface area contributed by atoms with Crippen LogP contribution in [0.4, 0.5) is 0 Å². The Bertz CT molecular complexity index is 843. The van der Waals surface area contributed by atoms with Crippen molar-refractivity contribution in [1.29, 1.82) is 0 Å². The van der Waals surface area contributed by atoms with Crippen LogP contribution in [-0.4, -0.2) is 73.3 Å². The average molecular weight is 455 g/mol. The smallest absolute Gasteiger partial charge is 0.303 e. The number of carbonyl (C=O) groups excluding carboxylic acids is 4. The van der Waals surface area contributed by atoms with Crippen LogP contribution in [0.3, 0.4) is 0 Å². The van der Waals surface area contributed by atoms with Gasteiger partial charge < -0.3 is 33.2 Å². The van der Waals surface area contributed by atoms with E-state index in [0.29, 0.717) is 0 Å². The highest BCUT2D eigenvalue weighted by Crippen LogP contribution is 2.32. The van der Waals surface area contributed by atoms with Gasteiger partial charge in [-0.2, -0.15) is 0 Å². The zero-order chi connectivity index (χ0) is 23.8. The van der Waals surface area contributed by atoms with E-state index in [0.717, 1.165) is 20.8 Å². The molecule has 12 heteroatoms. The summed E-state index contributed by atoms with van der Waals surface area (Å²) in [6.07, 6.45) is -5.05. The van der Waals surface area contributed by atoms with Crippen LogP contribution in [0.2, 0.25) is 0 Å². The number of hydrogen-bond donors (Lipinski definition) is 0. The highest BCUT2D eigenvalue weighted by molar-refractivity contribution is 5.68. The minimum atomic E-state index is -1.39.